The second kappa shape index (κ2) is 11.8. The molecule has 1 amide bonds. The molecule has 0 fully saturated rings. The first-order valence-corrected chi connectivity index (χ1v) is 15.1. The van der Waals surface area contributed by atoms with Gasteiger partial charge in [0.2, 0.25) is 9.84 Å². The van der Waals surface area contributed by atoms with Crippen LogP contribution in [0.25, 0.3) is 5.69 Å². The molecule has 12 heteroatoms. The van der Waals surface area contributed by atoms with Crippen molar-refractivity contribution in [2.24, 2.45) is 0 Å². The number of benzene rings is 3. The molecule has 42 heavy (non-hydrogen) atoms. The maximum absolute atomic E-state index is 13.9. The van der Waals surface area contributed by atoms with Gasteiger partial charge in [0.15, 0.2) is 11.5 Å². The number of fused-ring (bicyclic) bond motifs is 1. The van der Waals surface area contributed by atoms with Gasteiger partial charge in [0.05, 0.1) is 24.6 Å². The Morgan fingerprint density at radius 3 is 2.36 bits per heavy atom. The lowest BCUT2D eigenvalue weighted by Crippen LogP contribution is -2.45. The van der Waals surface area contributed by atoms with E-state index in [9.17, 15) is 13.2 Å². The molecular formula is C30H33N5O6S. The van der Waals surface area contributed by atoms with E-state index in [1.807, 2.05) is 42.5 Å². The van der Waals surface area contributed by atoms with Crippen molar-refractivity contribution >= 4 is 15.9 Å². The lowest BCUT2D eigenvalue weighted by Gasteiger charge is -2.38. The first-order chi connectivity index (χ1) is 20.1. The van der Waals surface area contributed by atoms with Gasteiger partial charge in [-0.3, -0.25) is 4.90 Å². The zero-order valence-electron chi connectivity index (χ0n) is 23.9. The summed E-state index contributed by atoms with van der Waals surface area (Å²) >= 11 is 0. The van der Waals surface area contributed by atoms with Crippen LogP contribution >= 0.6 is 0 Å². The molecule has 2 heterocycles. The third kappa shape index (κ3) is 6.38. The summed E-state index contributed by atoms with van der Waals surface area (Å²) in [4.78, 5) is 14.8. The number of hydrogen-bond acceptors (Lipinski definition) is 9. The number of carbonyl (C=O) groups is 1. The number of para-hydroxylation sites is 1. The van der Waals surface area contributed by atoms with E-state index in [4.69, 9.17) is 14.2 Å². The minimum Gasteiger partial charge on any atom is -0.493 e. The van der Waals surface area contributed by atoms with Crippen molar-refractivity contribution in [3.05, 3.63) is 89.5 Å². The van der Waals surface area contributed by atoms with Crippen LogP contribution in [0.4, 0.5) is 4.79 Å². The van der Waals surface area contributed by atoms with Gasteiger partial charge < -0.3 is 14.2 Å². The highest BCUT2D eigenvalue weighted by Gasteiger charge is 2.39. The minimum absolute atomic E-state index is 0.246. The third-order valence-electron chi connectivity index (χ3n) is 6.75. The molecule has 1 aliphatic heterocycles. The van der Waals surface area contributed by atoms with Crippen molar-refractivity contribution in [3.63, 3.8) is 0 Å². The van der Waals surface area contributed by atoms with E-state index < -0.39 is 33.3 Å². The van der Waals surface area contributed by atoms with Crippen LogP contribution in [0.3, 0.4) is 0 Å². The Bertz CT molecular complexity index is 1650. The van der Waals surface area contributed by atoms with E-state index in [-0.39, 0.29) is 11.7 Å². The van der Waals surface area contributed by atoms with E-state index >= 15 is 0 Å². The maximum atomic E-state index is 13.9. The largest absolute Gasteiger partial charge is 0.493 e. The molecular weight excluding hydrogens is 558 g/mol. The van der Waals surface area contributed by atoms with Crippen LogP contribution in [0.2, 0.25) is 0 Å². The smallest absolute Gasteiger partial charge is 0.410 e. The summed E-state index contributed by atoms with van der Waals surface area (Å²) in [5, 5.41) is 11.1. The molecule has 0 bridgehead atoms. The fraction of sp³-hybridized carbons (Fsp3) is 0.333. The molecule has 0 saturated carbocycles. The number of ether oxygens (including phenoxy) is 3. The summed E-state index contributed by atoms with van der Waals surface area (Å²) < 4.78 is 46.4. The molecule has 220 valence electrons. The van der Waals surface area contributed by atoms with E-state index in [2.05, 4.69) is 15.5 Å². The summed E-state index contributed by atoms with van der Waals surface area (Å²) in [6.45, 7) is 5.88. The average molecular weight is 592 g/mol. The molecule has 0 spiro atoms. The summed E-state index contributed by atoms with van der Waals surface area (Å²) in [7, 11) is -2.60. The summed E-state index contributed by atoms with van der Waals surface area (Å²) in [6, 6.07) is 21.2. The normalized spacial score (nSPS) is 15.1. The van der Waals surface area contributed by atoms with Gasteiger partial charge in [-0.2, -0.15) is 4.68 Å². The predicted octanol–water partition coefficient (Wildman–Crippen LogP) is 4.56. The lowest BCUT2D eigenvalue weighted by atomic mass is 9.93. The maximum Gasteiger partial charge on any atom is 0.410 e. The molecule has 0 saturated heterocycles. The van der Waals surface area contributed by atoms with Crippen LogP contribution in [0.5, 0.6) is 11.5 Å². The van der Waals surface area contributed by atoms with Gasteiger partial charge in [-0.05, 0) is 78.6 Å². The van der Waals surface area contributed by atoms with Gasteiger partial charge in [-0.1, -0.05) is 53.6 Å². The van der Waals surface area contributed by atoms with Crippen molar-refractivity contribution in [2.45, 2.75) is 50.6 Å². The standard InChI is InChI=1S/C30H33N5O6S/c1-30(2,3)41-29(36)34-16-15-22-17-27(40-19-21-11-7-5-8-12-21)26(39-4)18-24(22)25(34)20-42(37,38)28-31-32-33-35(28)23-13-9-6-10-14-23/h5-14,17-18,25H,15-16,19-20H2,1-4H3. The van der Waals surface area contributed by atoms with Crippen LogP contribution in [-0.2, 0) is 27.6 Å². The fourth-order valence-electron chi connectivity index (χ4n) is 4.82. The van der Waals surface area contributed by atoms with Gasteiger partial charge in [0.1, 0.15) is 12.2 Å². The van der Waals surface area contributed by atoms with Gasteiger partial charge >= 0.3 is 6.09 Å². The van der Waals surface area contributed by atoms with Gasteiger partial charge in [0.25, 0.3) is 5.16 Å². The number of aromatic nitrogens is 4. The van der Waals surface area contributed by atoms with Crippen LogP contribution < -0.4 is 9.47 Å². The molecule has 1 unspecified atom stereocenters. The van der Waals surface area contributed by atoms with Crippen LogP contribution in [-0.4, -0.2) is 64.6 Å². The SMILES string of the molecule is COc1cc2c(cc1OCc1ccccc1)CCN(C(=O)OC(C)(C)C)C2CS(=O)(=O)c1nnnn1-c1ccccc1. The minimum atomic E-state index is -4.12. The highest BCUT2D eigenvalue weighted by molar-refractivity contribution is 7.91. The number of rotatable bonds is 8. The zero-order chi connectivity index (χ0) is 29.9. The van der Waals surface area contributed by atoms with E-state index in [1.165, 1.54) is 16.7 Å². The van der Waals surface area contributed by atoms with E-state index in [0.717, 1.165) is 11.1 Å². The Morgan fingerprint density at radius 2 is 1.69 bits per heavy atom. The number of carbonyl (C=O) groups excluding carboxylic acids is 1. The molecule has 5 rings (SSSR count). The average Bonchev–Trinajstić information content (AvgIpc) is 3.47. The second-order valence-electron chi connectivity index (χ2n) is 10.9. The van der Waals surface area contributed by atoms with Gasteiger partial charge in [-0.15, -0.1) is 0 Å². The second-order valence-corrected chi connectivity index (χ2v) is 12.8. The Balaban J connectivity index is 1.52. The van der Waals surface area contributed by atoms with Crippen LogP contribution in [0.1, 0.15) is 43.5 Å². The number of tetrazole rings is 1. The number of hydrogen-bond donors (Lipinski definition) is 0. The Morgan fingerprint density at radius 1 is 1.00 bits per heavy atom. The summed E-state index contributed by atoms with van der Waals surface area (Å²) in [5.74, 6) is 0.479. The summed E-state index contributed by atoms with van der Waals surface area (Å²) in [6.07, 6.45) is -0.141. The molecule has 3 aromatic carbocycles. The molecule has 1 atom stereocenters. The molecule has 0 N–H and O–H groups in total. The highest BCUT2D eigenvalue weighted by Crippen LogP contribution is 2.40. The van der Waals surface area contributed by atoms with E-state index in [1.54, 1.807) is 51.1 Å². The first kappa shape index (κ1) is 29.1. The Kier molecular flexibility index (Phi) is 8.17. The quantitative estimate of drug-likeness (QED) is 0.290. The van der Waals surface area contributed by atoms with Crippen molar-refractivity contribution in [1.29, 1.82) is 0 Å². The van der Waals surface area contributed by atoms with Crippen LogP contribution in [0, 0.1) is 0 Å². The molecule has 0 aliphatic carbocycles. The van der Waals surface area contributed by atoms with Gasteiger partial charge in [0, 0.05) is 6.54 Å². The molecule has 1 aromatic heterocycles. The molecule has 0 radical (unpaired) electrons. The van der Waals surface area contributed by atoms with Crippen LogP contribution in [0.15, 0.2) is 78.0 Å². The monoisotopic (exact) mass is 591 g/mol. The molecule has 11 nitrogen and oxygen atoms in total. The Hall–Kier alpha value is -4.45. The number of amides is 1. The third-order valence-corrected chi connectivity index (χ3v) is 8.31. The van der Waals surface area contributed by atoms with Crippen molar-refractivity contribution < 1.29 is 27.4 Å². The van der Waals surface area contributed by atoms with Crippen molar-refractivity contribution in [1.82, 2.24) is 25.1 Å². The molecule has 1 aliphatic rings. The predicted molar refractivity (Wildman–Crippen MR) is 154 cm³/mol. The van der Waals surface area contributed by atoms with Gasteiger partial charge in [-0.25, -0.2) is 13.2 Å². The molecule has 4 aromatic rings. The number of nitrogens with zero attached hydrogens (tertiary/aromatic N) is 5. The zero-order valence-corrected chi connectivity index (χ0v) is 24.7. The fourth-order valence-corrected chi connectivity index (χ4v) is 6.31. The number of sulfone groups is 1. The van der Waals surface area contributed by atoms with Crippen molar-refractivity contribution in [2.75, 3.05) is 19.4 Å². The van der Waals surface area contributed by atoms with Crippen molar-refractivity contribution in [3.8, 4) is 17.2 Å². The van der Waals surface area contributed by atoms with E-state index in [0.29, 0.717) is 35.8 Å². The Labute approximate surface area is 244 Å². The topological polar surface area (TPSA) is 126 Å². The number of methoxy groups -OCH3 is 1. The first-order valence-electron chi connectivity index (χ1n) is 13.5. The highest BCUT2D eigenvalue weighted by atomic mass is 32.2. The summed E-state index contributed by atoms with van der Waals surface area (Å²) in [5.41, 5.74) is 2.19. The lowest BCUT2D eigenvalue weighted by molar-refractivity contribution is 0.0162.